The first-order chi connectivity index (χ1) is 16.2. The lowest BCUT2D eigenvalue weighted by Gasteiger charge is -2.45. The number of halogens is 2. The molecule has 1 saturated heterocycles. The molecule has 4 N–H and O–H groups in total. The normalized spacial score (nSPS) is 19.4. The van der Waals surface area contributed by atoms with E-state index >= 15 is 0 Å². The molecule has 34 heavy (non-hydrogen) atoms. The maximum Gasteiger partial charge on any atom is 0.240 e. The van der Waals surface area contributed by atoms with Crippen LogP contribution in [0, 0.1) is 5.82 Å². The van der Waals surface area contributed by atoms with Gasteiger partial charge in [0.2, 0.25) is 11.8 Å². The minimum Gasteiger partial charge on any atom is -0.368 e. The second-order valence-corrected chi connectivity index (χ2v) is 9.53. The molecule has 6 nitrogen and oxygen atoms in total. The van der Waals surface area contributed by atoms with Crippen molar-refractivity contribution in [3.63, 3.8) is 0 Å². The number of rotatable bonds is 9. The fourth-order valence-corrected chi connectivity index (χ4v) is 5.09. The van der Waals surface area contributed by atoms with Crippen molar-refractivity contribution in [3.05, 3.63) is 70.5 Å². The number of amides is 2. The molecule has 4 atom stereocenters. The Balaban J connectivity index is 1.73. The number of carbonyl (C=O) groups is 2. The third kappa shape index (κ3) is 6.34. The van der Waals surface area contributed by atoms with Crippen LogP contribution in [0.2, 0.25) is 5.02 Å². The van der Waals surface area contributed by atoms with Crippen LogP contribution in [-0.2, 0) is 16.0 Å². The van der Waals surface area contributed by atoms with Gasteiger partial charge in [-0.2, -0.15) is 0 Å². The van der Waals surface area contributed by atoms with Crippen LogP contribution in [0.1, 0.15) is 43.7 Å². The molecule has 0 aromatic heterocycles. The lowest BCUT2D eigenvalue weighted by molar-refractivity contribution is -0.139. The highest BCUT2D eigenvalue weighted by atomic mass is 35.5. The SMILES string of the molecule is CCCC1CN(C(C(N)=O)C(C)c2cccc(Cl)c2)CCN1C(=O)C(N)Cc1ccc(F)cc1. The molecule has 2 aromatic rings. The summed E-state index contributed by atoms with van der Waals surface area (Å²) >= 11 is 6.17. The molecule has 1 heterocycles. The molecule has 2 amide bonds. The second kappa shape index (κ2) is 11.8. The quantitative estimate of drug-likeness (QED) is 0.566. The lowest BCUT2D eigenvalue weighted by atomic mass is 9.90. The molecule has 3 rings (SSSR count). The summed E-state index contributed by atoms with van der Waals surface area (Å²) in [5.74, 6) is -0.989. The van der Waals surface area contributed by atoms with E-state index in [1.807, 2.05) is 30.0 Å². The van der Waals surface area contributed by atoms with E-state index in [1.165, 1.54) is 12.1 Å². The lowest BCUT2D eigenvalue weighted by Crippen LogP contribution is -2.62. The van der Waals surface area contributed by atoms with Gasteiger partial charge in [0.25, 0.3) is 0 Å². The summed E-state index contributed by atoms with van der Waals surface area (Å²) in [5.41, 5.74) is 13.9. The zero-order valence-electron chi connectivity index (χ0n) is 19.8. The molecular weight excluding hydrogens is 455 g/mol. The molecular formula is C26H34ClFN4O2. The first kappa shape index (κ1) is 26.1. The predicted octanol–water partition coefficient (Wildman–Crippen LogP) is 3.32. The van der Waals surface area contributed by atoms with Crippen molar-refractivity contribution < 1.29 is 14.0 Å². The summed E-state index contributed by atoms with van der Waals surface area (Å²) in [4.78, 5) is 29.7. The average molecular weight is 489 g/mol. The molecule has 0 spiro atoms. The van der Waals surface area contributed by atoms with Crippen molar-refractivity contribution in [3.8, 4) is 0 Å². The second-order valence-electron chi connectivity index (χ2n) is 9.10. The Labute approximate surface area is 206 Å². The first-order valence-corrected chi connectivity index (χ1v) is 12.2. The number of hydrogen-bond acceptors (Lipinski definition) is 4. The Morgan fingerprint density at radius 3 is 2.50 bits per heavy atom. The predicted molar refractivity (Wildman–Crippen MR) is 133 cm³/mol. The maximum atomic E-state index is 13.3. The third-order valence-corrected chi connectivity index (χ3v) is 6.87. The molecule has 8 heteroatoms. The van der Waals surface area contributed by atoms with Crippen LogP contribution in [0.4, 0.5) is 4.39 Å². The van der Waals surface area contributed by atoms with Crippen LogP contribution in [0.5, 0.6) is 0 Å². The minimum atomic E-state index is -0.714. The summed E-state index contributed by atoms with van der Waals surface area (Å²) in [5, 5.41) is 0.613. The van der Waals surface area contributed by atoms with Crippen LogP contribution < -0.4 is 11.5 Å². The van der Waals surface area contributed by atoms with Gasteiger partial charge in [0.1, 0.15) is 5.82 Å². The highest BCUT2D eigenvalue weighted by molar-refractivity contribution is 6.30. The first-order valence-electron chi connectivity index (χ1n) is 11.8. The van der Waals surface area contributed by atoms with Gasteiger partial charge in [0.05, 0.1) is 12.1 Å². The molecule has 1 fully saturated rings. The third-order valence-electron chi connectivity index (χ3n) is 6.64. The topological polar surface area (TPSA) is 92.7 Å². The number of hydrogen-bond donors (Lipinski definition) is 2. The van der Waals surface area contributed by atoms with Gasteiger partial charge in [0.15, 0.2) is 0 Å². The highest BCUT2D eigenvalue weighted by Gasteiger charge is 2.38. The molecule has 1 aliphatic rings. The van der Waals surface area contributed by atoms with Gasteiger partial charge in [-0.1, -0.05) is 56.1 Å². The van der Waals surface area contributed by atoms with E-state index in [1.54, 1.807) is 18.2 Å². The van der Waals surface area contributed by atoms with Crippen LogP contribution in [-0.4, -0.2) is 59.4 Å². The molecule has 1 aliphatic heterocycles. The fourth-order valence-electron chi connectivity index (χ4n) is 4.89. The Morgan fingerprint density at radius 1 is 1.18 bits per heavy atom. The number of carbonyl (C=O) groups excluding carboxylic acids is 2. The van der Waals surface area contributed by atoms with Crippen molar-refractivity contribution in [1.29, 1.82) is 0 Å². The van der Waals surface area contributed by atoms with Gasteiger partial charge < -0.3 is 16.4 Å². The number of nitrogens with two attached hydrogens (primary N) is 2. The summed E-state index contributed by atoms with van der Waals surface area (Å²) in [7, 11) is 0. The molecule has 184 valence electrons. The summed E-state index contributed by atoms with van der Waals surface area (Å²) in [6.45, 7) is 5.58. The molecule has 2 aromatic carbocycles. The van der Waals surface area contributed by atoms with Crippen LogP contribution in [0.3, 0.4) is 0 Å². The summed E-state index contributed by atoms with van der Waals surface area (Å²) in [6.07, 6.45) is 2.02. The standard InChI is InChI=1S/C26H34ClFN4O2/c1-3-5-22-16-31(24(25(30)33)17(2)19-6-4-7-20(27)15-19)12-13-32(22)26(34)23(29)14-18-8-10-21(28)11-9-18/h4,6-11,15,17,22-24H,3,5,12-14,16,29H2,1-2H3,(H2,30,33). The van der Waals surface area contributed by atoms with Crippen molar-refractivity contribution in [2.24, 2.45) is 11.5 Å². The number of benzene rings is 2. The van der Waals surface area contributed by atoms with E-state index in [4.69, 9.17) is 23.1 Å². The summed E-state index contributed by atoms with van der Waals surface area (Å²) < 4.78 is 13.2. The van der Waals surface area contributed by atoms with Crippen LogP contribution in [0.15, 0.2) is 48.5 Å². The Kier molecular flexibility index (Phi) is 9.05. The van der Waals surface area contributed by atoms with Crippen molar-refractivity contribution in [1.82, 2.24) is 9.80 Å². The van der Waals surface area contributed by atoms with Gasteiger partial charge in [-0.25, -0.2) is 4.39 Å². The van der Waals surface area contributed by atoms with E-state index < -0.39 is 18.0 Å². The van der Waals surface area contributed by atoms with Gasteiger partial charge in [-0.15, -0.1) is 0 Å². The molecule has 0 aliphatic carbocycles. The fraction of sp³-hybridized carbons (Fsp3) is 0.462. The van der Waals surface area contributed by atoms with E-state index in [9.17, 15) is 14.0 Å². The van der Waals surface area contributed by atoms with Crippen LogP contribution >= 0.6 is 11.6 Å². The van der Waals surface area contributed by atoms with Gasteiger partial charge >= 0.3 is 0 Å². The highest BCUT2D eigenvalue weighted by Crippen LogP contribution is 2.28. The zero-order valence-corrected chi connectivity index (χ0v) is 20.5. The molecule has 4 unspecified atom stereocenters. The Bertz CT molecular complexity index is 987. The Morgan fingerprint density at radius 2 is 1.88 bits per heavy atom. The van der Waals surface area contributed by atoms with Crippen molar-refractivity contribution in [2.75, 3.05) is 19.6 Å². The van der Waals surface area contributed by atoms with E-state index in [0.717, 1.165) is 24.0 Å². The number of primary amides is 1. The smallest absolute Gasteiger partial charge is 0.240 e. The van der Waals surface area contributed by atoms with E-state index in [-0.39, 0.29) is 23.7 Å². The maximum absolute atomic E-state index is 13.3. The summed E-state index contributed by atoms with van der Waals surface area (Å²) in [6, 6.07) is 12.2. The number of nitrogens with zero attached hydrogens (tertiary/aromatic N) is 2. The minimum absolute atomic E-state index is 0.0704. The van der Waals surface area contributed by atoms with Gasteiger partial charge in [-0.05, 0) is 48.2 Å². The van der Waals surface area contributed by atoms with Gasteiger partial charge in [-0.3, -0.25) is 14.5 Å². The monoisotopic (exact) mass is 488 g/mol. The van der Waals surface area contributed by atoms with E-state index in [2.05, 4.69) is 11.8 Å². The average Bonchev–Trinajstić information content (AvgIpc) is 2.80. The van der Waals surface area contributed by atoms with Gasteiger partial charge in [0, 0.05) is 36.6 Å². The molecule has 0 radical (unpaired) electrons. The largest absolute Gasteiger partial charge is 0.368 e. The van der Waals surface area contributed by atoms with Crippen molar-refractivity contribution in [2.45, 2.75) is 57.2 Å². The number of piperazine rings is 1. The van der Waals surface area contributed by atoms with E-state index in [0.29, 0.717) is 31.1 Å². The zero-order chi connectivity index (χ0) is 24.8. The molecule has 0 bridgehead atoms. The Hall–Kier alpha value is -2.48. The van der Waals surface area contributed by atoms with Crippen LogP contribution in [0.25, 0.3) is 0 Å². The van der Waals surface area contributed by atoms with Crippen molar-refractivity contribution >= 4 is 23.4 Å². The molecule has 0 saturated carbocycles.